The molecule has 0 atom stereocenters. The average molecular weight is 186 g/mol. The molecule has 0 aliphatic carbocycles. The van der Waals surface area contributed by atoms with Crippen LogP contribution in [0.25, 0.3) is 6.08 Å². The summed E-state index contributed by atoms with van der Waals surface area (Å²) in [7, 11) is 0. The minimum absolute atomic E-state index is 0.722. The third-order valence-electron chi connectivity index (χ3n) is 0.960. The predicted molar refractivity (Wildman–Crippen MR) is 46.5 cm³/mol. The fraction of sp³-hybridized carbons (Fsp3) is 0. The normalized spacial score (nSPS) is 9.91. The summed E-state index contributed by atoms with van der Waals surface area (Å²) in [6.07, 6.45) is 4.48. The Kier molecular flexibility index (Phi) is 3.05. The van der Waals surface area contributed by atoms with E-state index in [4.69, 9.17) is 11.6 Å². The van der Waals surface area contributed by atoms with Gasteiger partial charge in [0.05, 0.1) is 4.34 Å². The molecule has 0 bridgehead atoms. The quantitative estimate of drug-likeness (QED) is 0.515. The summed E-state index contributed by atoms with van der Waals surface area (Å²) in [6, 6.07) is 3.64. The van der Waals surface area contributed by atoms with Crippen LogP contribution in [0.5, 0.6) is 0 Å². The molecule has 0 spiro atoms. The molecule has 0 fully saturated rings. The van der Waals surface area contributed by atoms with Gasteiger partial charge in [-0.15, -0.1) is 11.3 Å². The Labute approximate surface area is 72.8 Å². The second-order valence-corrected chi connectivity index (χ2v) is 3.42. The SMILES string of the molecule is O=C=N/C=C\c1ccc(Cl)s1. The topological polar surface area (TPSA) is 29.4 Å². The van der Waals surface area contributed by atoms with Gasteiger partial charge < -0.3 is 0 Å². The summed E-state index contributed by atoms with van der Waals surface area (Å²) in [5.41, 5.74) is 0. The molecule has 1 heterocycles. The molecule has 1 aromatic rings. The van der Waals surface area contributed by atoms with E-state index in [1.165, 1.54) is 23.6 Å². The van der Waals surface area contributed by atoms with E-state index in [-0.39, 0.29) is 0 Å². The Morgan fingerprint density at radius 1 is 1.64 bits per heavy atom. The van der Waals surface area contributed by atoms with Crippen molar-refractivity contribution in [3.05, 3.63) is 27.5 Å². The minimum Gasteiger partial charge on any atom is -0.211 e. The molecule has 1 aromatic heterocycles. The van der Waals surface area contributed by atoms with Crippen LogP contribution in [0.4, 0.5) is 0 Å². The molecule has 0 aromatic carbocycles. The van der Waals surface area contributed by atoms with Crippen molar-refractivity contribution in [2.75, 3.05) is 0 Å². The lowest BCUT2D eigenvalue weighted by Gasteiger charge is -1.76. The van der Waals surface area contributed by atoms with E-state index in [2.05, 4.69) is 4.99 Å². The largest absolute Gasteiger partial charge is 0.239 e. The second-order valence-electron chi connectivity index (χ2n) is 1.68. The summed E-state index contributed by atoms with van der Waals surface area (Å²) >= 11 is 7.08. The number of carbonyl (C=O) groups excluding carboxylic acids is 1. The van der Waals surface area contributed by atoms with Gasteiger partial charge in [0.25, 0.3) is 0 Å². The molecule has 0 amide bonds. The molecule has 4 heteroatoms. The number of thiophene rings is 1. The number of halogens is 1. The van der Waals surface area contributed by atoms with Crippen LogP contribution in [0, 0.1) is 0 Å². The van der Waals surface area contributed by atoms with E-state index in [0.29, 0.717) is 0 Å². The summed E-state index contributed by atoms with van der Waals surface area (Å²) in [4.78, 5) is 13.9. The highest BCUT2D eigenvalue weighted by atomic mass is 35.5. The number of nitrogens with zero attached hydrogens (tertiary/aromatic N) is 1. The Balaban J connectivity index is 2.71. The summed E-state index contributed by atoms with van der Waals surface area (Å²) < 4.78 is 0.722. The zero-order chi connectivity index (χ0) is 8.10. The molecule has 0 aliphatic heterocycles. The standard InChI is InChI=1S/C7H4ClNOS/c8-7-2-1-6(11-7)3-4-9-5-10/h1-4H/b4-3-. The molecule has 1 rings (SSSR count). The number of rotatable bonds is 2. The first kappa shape index (κ1) is 8.21. The van der Waals surface area contributed by atoms with E-state index in [9.17, 15) is 4.79 Å². The zero-order valence-corrected chi connectivity index (χ0v) is 7.02. The first-order valence-corrected chi connectivity index (χ1v) is 4.01. The predicted octanol–water partition coefficient (Wildman–Crippen LogP) is 2.71. The van der Waals surface area contributed by atoms with Gasteiger partial charge >= 0.3 is 0 Å². The van der Waals surface area contributed by atoms with Crippen molar-refractivity contribution in [3.63, 3.8) is 0 Å². The zero-order valence-electron chi connectivity index (χ0n) is 5.45. The van der Waals surface area contributed by atoms with Crippen LogP contribution in [0.3, 0.4) is 0 Å². The fourth-order valence-corrected chi connectivity index (χ4v) is 1.52. The molecule has 2 nitrogen and oxygen atoms in total. The van der Waals surface area contributed by atoms with Gasteiger partial charge in [0.1, 0.15) is 0 Å². The number of isocyanates is 1. The van der Waals surface area contributed by atoms with Gasteiger partial charge in [0, 0.05) is 11.1 Å². The minimum atomic E-state index is 0.722. The third-order valence-corrected chi connectivity index (χ3v) is 2.16. The van der Waals surface area contributed by atoms with Gasteiger partial charge in [-0.25, -0.2) is 4.79 Å². The molecular weight excluding hydrogens is 182 g/mol. The van der Waals surface area contributed by atoms with Crippen molar-refractivity contribution < 1.29 is 4.79 Å². The number of hydrogen-bond acceptors (Lipinski definition) is 3. The fourth-order valence-electron chi connectivity index (χ4n) is 0.559. The van der Waals surface area contributed by atoms with Crippen LogP contribution >= 0.6 is 22.9 Å². The van der Waals surface area contributed by atoms with Crippen molar-refractivity contribution in [3.8, 4) is 0 Å². The van der Waals surface area contributed by atoms with Gasteiger partial charge in [0.15, 0.2) is 0 Å². The molecule has 0 saturated carbocycles. The van der Waals surface area contributed by atoms with Crippen molar-refractivity contribution in [1.29, 1.82) is 0 Å². The summed E-state index contributed by atoms with van der Waals surface area (Å²) in [5.74, 6) is 0. The Morgan fingerprint density at radius 2 is 2.45 bits per heavy atom. The maximum atomic E-state index is 9.63. The summed E-state index contributed by atoms with van der Waals surface area (Å²) in [6.45, 7) is 0. The van der Waals surface area contributed by atoms with E-state index in [1.807, 2.05) is 6.07 Å². The summed E-state index contributed by atoms with van der Waals surface area (Å²) in [5, 5.41) is 0. The van der Waals surface area contributed by atoms with E-state index in [0.717, 1.165) is 9.21 Å². The average Bonchev–Trinajstić information content (AvgIpc) is 2.37. The van der Waals surface area contributed by atoms with Crippen LogP contribution < -0.4 is 0 Å². The van der Waals surface area contributed by atoms with E-state index >= 15 is 0 Å². The lowest BCUT2D eigenvalue weighted by molar-refractivity contribution is 0.565. The van der Waals surface area contributed by atoms with Crippen molar-refractivity contribution in [1.82, 2.24) is 0 Å². The molecular formula is C7H4ClNOS. The molecule has 0 saturated heterocycles. The lowest BCUT2D eigenvalue weighted by atomic mass is 10.4. The Hall–Kier alpha value is -0.890. The van der Waals surface area contributed by atoms with E-state index < -0.39 is 0 Å². The second kappa shape index (κ2) is 4.09. The molecule has 0 unspecified atom stereocenters. The Bertz CT molecular complexity index is 312. The molecule has 11 heavy (non-hydrogen) atoms. The van der Waals surface area contributed by atoms with Gasteiger partial charge in [-0.3, -0.25) is 0 Å². The van der Waals surface area contributed by atoms with Crippen molar-refractivity contribution >= 4 is 35.1 Å². The lowest BCUT2D eigenvalue weighted by Crippen LogP contribution is -1.53. The third kappa shape index (κ3) is 2.68. The number of hydrogen-bond donors (Lipinski definition) is 0. The highest BCUT2D eigenvalue weighted by Gasteiger charge is 1.90. The first-order chi connectivity index (χ1) is 5.33. The molecule has 56 valence electrons. The van der Waals surface area contributed by atoms with Gasteiger partial charge in [0.2, 0.25) is 6.08 Å². The highest BCUT2D eigenvalue weighted by Crippen LogP contribution is 2.22. The smallest absolute Gasteiger partial charge is 0.211 e. The van der Waals surface area contributed by atoms with Gasteiger partial charge in [-0.05, 0) is 18.2 Å². The van der Waals surface area contributed by atoms with Crippen LogP contribution in [-0.2, 0) is 4.79 Å². The van der Waals surface area contributed by atoms with E-state index in [1.54, 1.807) is 12.1 Å². The maximum Gasteiger partial charge on any atom is 0.239 e. The first-order valence-electron chi connectivity index (χ1n) is 2.82. The highest BCUT2D eigenvalue weighted by molar-refractivity contribution is 7.16. The molecule has 0 aliphatic rings. The van der Waals surface area contributed by atoms with Gasteiger partial charge in [-0.1, -0.05) is 11.6 Å². The Morgan fingerprint density at radius 3 is 3.00 bits per heavy atom. The molecule has 0 N–H and O–H groups in total. The van der Waals surface area contributed by atoms with Crippen LogP contribution in [0.15, 0.2) is 23.3 Å². The van der Waals surface area contributed by atoms with Crippen LogP contribution in [0.2, 0.25) is 4.34 Å². The van der Waals surface area contributed by atoms with Gasteiger partial charge in [-0.2, -0.15) is 4.99 Å². The van der Waals surface area contributed by atoms with Crippen LogP contribution in [0.1, 0.15) is 4.88 Å². The monoisotopic (exact) mass is 185 g/mol. The van der Waals surface area contributed by atoms with Crippen LogP contribution in [-0.4, -0.2) is 6.08 Å². The van der Waals surface area contributed by atoms with Crippen molar-refractivity contribution in [2.45, 2.75) is 0 Å². The molecule has 0 radical (unpaired) electrons. The number of aliphatic imine (C=N–C) groups is 1. The maximum absolute atomic E-state index is 9.63. The van der Waals surface area contributed by atoms with Crippen molar-refractivity contribution in [2.24, 2.45) is 4.99 Å².